The summed E-state index contributed by atoms with van der Waals surface area (Å²) in [7, 11) is 0. The van der Waals surface area contributed by atoms with E-state index in [-0.39, 0.29) is 6.10 Å². The quantitative estimate of drug-likeness (QED) is 0.739. The molecule has 0 bridgehead atoms. The van der Waals surface area contributed by atoms with Crippen LogP contribution in [0.25, 0.3) is 0 Å². The van der Waals surface area contributed by atoms with Crippen molar-refractivity contribution in [3.63, 3.8) is 0 Å². The van der Waals surface area contributed by atoms with Crippen LogP contribution >= 0.6 is 0 Å². The predicted molar refractivity (Wildman–Crippen MR) is 58.2 cm³/mol. The van der Waals surface area contributed by atoms with Crippen LogP contribution in [-0.2, 0) is 4.74 Å². The van der Waals surface area contributed by atoms with Gasteiger partial charge in [0.2, 0.25) is 0 Å². The van der Waals surface area contributed by atoms with Crippen molar-refractivity contribution in [3.05, 3.63) is 0 Å². The highest BCUT2D eigenvalue weighted by molar-refractivity contribution is 5.03. The molecule has 2 nitrogen and oxygen atoms in total. The molecule has 0 aliphatic heterocycles. The van der Waals surface area contributed by atoms with Gasteiger partial charge in [0, 0.05) is 6.61 Å². The van der Waals surface area contributed by atoms with E-state index in [0.29, 0.717) is 11.3 Å². The van der Waals surface area contributed by atoms with Gasteiger partial charge in [0.15, 0.2) is 0 Å². The normalized spacial score (nSPS) is 27.4. The minimum absolute atomic E-state index is 0.312. The first-order valence-electron chi connectivity index (χ1n) is 5.63. The zero-order valence-electron chi connectivity index (χ0n) is 10.1. The van der Waals surface area contributed by atoms with E-state index in [1.807, 2.05) is 13.8 Å². The fourth-order valence-corrected chi connectivity index (χ4v) is 1.98. The summed E-state index contributed by atoms with van der Waals surface area (Å²) in [4.78, 5) is 0. The number of aliphatic hydroxyl groups is 1. The lowest BCUT2D eigenvalue weighted by molar-refractivity contribution is -0.111. The molecule has 0 spiro atoms. The van der Waals surface area contributed by atoms with Crippen molar-refractivity contribution in [2.45, 2.75) is 59.2 Å². The van der Waals surface area contributed by atoms with Crippen LogP contribution in [0.3, 0.4) is 0 Å². The second kappa shape index (κ2) is 3.82. The van der Waals surface area contributed by atoms with Gasteiger partial charge >= 0.3 is 0 Å². The minimum Gasteiger partial charge on any atom is -0.390 e. The predicted octanol–water partition coefficient (Wildman–Crippen LogP) is 2.60. The Bertz CT molecular complexity index is 196. The van der Waals surface area contributed by atoms with Crippen molar-refractivity contribution in [2.24, 2.45) is 11.3 Å². The average molecular weight is 200 g/mol. The van der Waals surface area contributed by atoms with E-state index in [4.69, 9.17) is 4.74 Å². The fourth-order valence-electron chi connectivity index (χ4n) is 1.98. The molecule has 1 rings (SSSR count). The molecule has 14 heavy (non-hydrogen) atoms. The third-order valence-electron chi connectivity index (χ3n) is 3.36. The highest BCUT2D eigenvalue weighted by atomic mass is 16.5. The molecule has 0 aromatic carbocycles. The highest BCUT2D eigenvalue weighted by Crippen LogP contribution is 2.55. The zero-order valence-corrected chi connectivity index (χ0v) is 10.1. The molecule has 0 amide bonds. The largest absolute Gasteiger partial charge is 0.390 e. The van der Waals surface area contributed by atoms with Gasteiger partial charge in [-0.3, -0.25) is 0 Å². The number of rotatable bonds is 5. The molecule has 0 aromatic heterocycles. The lowest BCUT2D eigenvalue weighted by Gasteiger charge is -2.31. The van der Waals surface area contributed by atoms with Crippen LogP contribution in [0.15, 0.2) is 0 Å². The molecular weight excluding hydrogens is 176 g/mol. The van der Waals surface area contributed by atoms with Crippen molar-refractivity contribution in [1.82, 2.24) is 0 Å². The molecule has 2 heteroatoms. The third kappa shape index (κ3) is 2.48. The third-order valence-corrected chi connectivity index (χ3v) is 3.36. The molecule has 2 unspecified atom stereocenters. The summed E-state index contributed by atoms with van der Waals surface area (Å²) >= 11 is 0. The van der Waals surface area contributed by atoms with Gasteiger partial charge in [-0.2, -0.15) is 0 Å². The Kier molecular flexibility index (Phi) is 3.27. The second-order valence-electron chi connectivity index (χ2n) is 5.70. The van der Waals surface area contributed by atoms with Crippen LogP contribution < -0.4 is 0 Å². The second-order valence-corrected chi connectivity index (χ2v) is 5.70. The number of ether oxygens (including phenoxy) is 1. The Labute approximate surface area is 87.7 Å². The zero-order chi connectivity index (χ0) is 11.0. The van der Waals surface area contributed by atoms with Crippen molar-refractivity contribution >= 4 is 0 Å². The molecule has 84 valence electrons. The first-order chi connectivity index (χ1) is 6.31. The molecular formula is C12H24O2. The molecule has 1 aliphatic carbocycles. The van der Waals surface area contributed by atoms with E-state index in [1.165, 1.54) is 0 Å². The lowest BCUT2D eigenvalue weighted by atomic mass is 9.93. The SMILES string of the molecule is CCCOC(C)(C)C(O)C1CC1(C)C. The molecule has 1 N–H and O–H groups in total. The average Bonchev–Trinajstić information content (AvgIpc) is 2.70. The molecule has 0 radical (unpaired) electrons. The van der Waals surface area contributed by atoms with Crippen LogP contribution in [0, 0.1) is 11.3 Å². The van der Waals surface area contributed by atoms with E-state index in [9.17, 15) is 5.11 Å². The summed E-state index contributed by atoms with van der Waals surface area (Å²) in [5.74, 6) is 0.411. The smallest absolute Gasteiger partial charge is 0.0887 e. The monoisotopic (exact) mass is 200 g/mol. The van der Waals surface area contributed by atoms with Crippen molar-refractivity contribution in [2.75, 3.05) is 6.61 Å². The molecule has 0 heterocycles. The Balaban J connectivity index is 2.47. The van der Waals surface area contributed by atoms with Crippen LogP contribution in [0.2, 0.25) is 0 Å². The fraction of sp³-hybridized carbons (Fsp3) is 1.00. The Hall–Kier alpha value is -0.0800. The van der Waals surface area contributed by atoms with Gasteiger partial charge in [0.05, 0.1) is 11.7 Å². The van der Waals surface area contributed by atoms with Gasteiger partial charge in [-0.25, -0.2) is 0 Å². The maximum absolute atomic E-state index is 10.2. The van der Waals surface area contributed by atoms with Crippen molar-refractivity contribution in [1.29, 1.82) is 0 Å². The summed E-state index contributed by atoms with van der Waals surface area (Å²) in [5.41, 5.74) is -0.0826. The van der Waals surface area contributed by atoms with Gasteiger partial charge in [-0.05, 0) is 38.0 Å². The van der Waals surface area contributed by atoms with Gasteiger partial charge in [0.25, 0.3) is 0 Å². The summed E-state index contributed by atoms with van der Waals surface area (Å²) in [6.45, 7) is 11.2. The number of hydrogen-bond donors (Lipinski definition) is 1. The molecule has 1 fully saturated rings. The maximum Gasteiger partial charge on any atom is 0.0887 e. The first kappa shape index (κ1) is 12.0. The van der Waals surface area contributed by atoms with E-state index < -0.39 is 5.60 Å². The van der Waals surface area contributed by atoms with E-state index >= 15 is 0 Å². The van der Waals surface area contributed by atoms with Crippen LogP contribution in [0.1, 0.15) is 47.5 Å². The summed E-state index contributed by atoms with van der Waals surface area (Å²) in [6, 6.07) is 0. The van der Waals surface area contributed by atoms with Crippen LogP contribution in [-0.4, -0.2) is 23.4 Å². The summed E-state index contributed by atoms with van der Waals surface area (Å²) in [6.07, 6.45) is 1.79. The standard InChI is InChI=1S/C12H24O2/c1-6-7-14-12(4,5)10(13)9-8-11(9,2)3/h9-10,13H,6-8H2,1-5H3. The molecule has 0 saturated heterocycles. The molecule has 0 aromatic rings. The number of aliphatic hydroxyl groups excluding tert-OH is 1. The van der Waals surface area contributed by atoms with E-state index in [2.05, 4.69) is 20.8 Å². The van der Waals surface area contributed by atoms with E-state index in [0.717, 1.165) is 19.4 Å². The van der Waals surface area contributed by atoms with Crippen LogP contribution in [0.4, 0.5) is 0 Å². The highest BCUT2D eigenvalue weighted by Gasteiger charge is 2.54. The Morgan fingerprint density at radius 1 is 1.50 bits per heavy atom. The van der Waals surface area contributed by atoms with Gasteiger partial charge in [-0.1, -0.05) is 20.8 Å². The Morgan fingerprint density at radius 3 is 2.36 bits per heavy atom. The first-order valence-corrected chi connectivity index (χ1v) is 5.63. The van der Waals surface area contributed by atoms with Gasteiger partial charge in [0.1, 0.15) is 0 Å². The van der Waals surface area contributed by atoms with Crippen molar-refractivity contribution < 1.29 is 9.84 Å². The molecule has 2 atom stereocenters. The van der Waals surface area contributed by atoms with Gasteiger partial charge in [-0.15, -0.1) is 0 Å². The summed E-state index contributed by atoms with van der Waals surface area (Å²) < 4.78 is 5.69. The maximum atomic E-state index is 10.2. The summed E-state index contributed by atoms with van der Waals surface area (Å²) in [5, 5.41) is 10.2. The topological polar surface area (TPSA) is 29.5 Å². The van der Waals surface area contributed by atoms with Gasteiger partial charge < -0.3 is 9.84 Å². The van der Waals surface area contributed by atoms with E-state index in [1.54, 1.807) is 0 Å². The molecule has 1 aliphatic rings. The lowest BCUT2D eigenvalue weighted by Crippen LogP contribution is -2.41. The van der Waals surface area contributed by atoms with Crippen molar-refractivity contribution in [3.8, 4) is 0 Å². The molecule has 1 saturated carbocycles. The Morgan fingerprint density at radius 2 is 2.00 bits per heavy atom. The minimum atomic E-state index is -0.394. The van der Waals surface area contributed by atoms with Crippen LogP contribution in [0.5, 0.6) is 0 Å². The number of hydrogen-bond acceptors (Lipinski definition) is 2.